The quantitative estimate of drug-likeness (QED) is 0.388. The third-order valence-electron chi connectivity index (χ3n) is 5.88. The molecule has 1 atom stereocenters. The van der Waals surface area contributed by atoms with Gasteiger partial charge in [-0.1, -0.05) is 30.0 Å². The van der Waals surface area contributed by atoms with Crippen LogP contribution in [-0.2, 0) is 9.59 Å². The van der Waals surface area contributed by atoms with Crippen LogP contribution >= 0.6 is 11.8 Å². The van der Waals surface area contributed by atoms with Crippen LogP contribution in [0.2, 0.25) is 0 Å². The molecule has 0 radical (unpaired) electrons. The Labute approximate surface area is 198 Å². The van der Waals surface area contributed by atoms with E-state index in [1.165, 1.54) is 0 Å². The molecule has 1 unspecified atom stereocenters. The van der Waals surface area contributed by atoms with Gasteiger partial charge < -0.3 is 14.2 Å². The molecule has 1 aliphatic heterocycles. The third-order valence-corrected chi connectivity index (χ3v) is 6.90. The van der Waals surface area contributed by atoms with E-state index in [1.807, 2.05) is 51.6 Å². The number of aromatic nitrogens is 3. The van der Waals surface area contributed by atoms with Crippen molar-refractivity contribution >= 4 is 23.6 Å². The Morgan fingerprint density at radius 1 is 1.15 bits per heavy atom. The average molecular weight is 468 g/mol. The van der Waals surface area contributed by atoms with Gasteiger partial charge in [0, 0.05) is 44.8 Å². The zero-order valence-electron chi connectivity index (χ0n) is 19.2. The second-order valence-corrected chi connectivity index (χ2v) is 9.32. The van der Waals surface area contributed by atoms with E-state index in [-0.39, 0.29) is 17.9 Å². The number of piperazine rings is 1. The number of benzene rings is 1. The second-order valence-electron chi connectivity index (χ2n) is 8.26. The Morgan fingerprint density at radius 2 is 1.97 bits per heavy atom. The number of thioether (sulfide) groups is 1. The van der Waals surface area contributed by atoms with Gasteiger partial charge in [-0.3, -0.25) is 14.2 Å². The molecule has 2 amide bonds. The normalized spacial score (nSPS) is 16.3. The molecule has 3 aromatic rings. The van der Waals surface area contributed by atoms with Gasteiger partial charge in [-0.05, 0) is 44.0 Å². The summed E-state index contributed by atoms with van der Waals surface area (Å²) in [5, 5.41) is 9.57. The number of hydrogen-bond donors (Lipinski definition) is 0. The Balaban J connectivity index is 1.39. The van der Waals surface area contributed by atoms with Crippen LogP contribution in [0.1, 0.15) is 32.3 Å². The van der Waals surface area contributed by atoms with E-state index in [1.54, 1.807) is 24.9 Å². The predicted octanol–water partition coefficient (Wildman–Crippen LogP) is 3.79. The number of furan rings is 1. The van der Waals surface area contributed by atoms with Gasteiger partial charge in [0.05, 0.1) is 12.0 Å². The highest BCUT2D eigenvalue weighted by molar-refractivity contribution is 7.99. The number of rotatable bonds is 7. The van der Waals surface area contributed by atoms with Crippen LogP contribution < -0.4 is 0 Å². The maximum Gasteiger partial charge on any atom is 0.222 e. The molecule has 1 saturated heterocycles. The molecule has 33 heavy (non-hydrogen) atoms. The molecule has 0 saturated carbocycles. The Kier molecular flexibility index (Phi) is 7.17. The van der Waals surface area contributed by atoms with E-state index >= 15 is 0 Å². The van der Waals surface area contributed by atoms with E-state index in [2.05, 4.69) is 23.2 Å². The molecule has 1 aliphatic rings. The summed E-state index contributed by atoms with van der Waals surface area (Å²) in [6.45, 7) is 7.43. The highest BCUT2D eigenvalue weighted by atomic mass is 32.2. The lowest BCUT2D eigenvalue weighted by Crippen LogP contribution is -2.54. The van der Waals surface area contributed by atoms with Crippen molar-refractivity contribution in [1.29, 1.82) is 0 Å². The van der Waals surface area contributed by atoms with E-state index in [4.69, 9.17) is 4.42 Å². The molecule has 9 heteroatoms. The Bertz CT molecular complexity index is 1110. The van der Waals surface area contributed by atoms with E-state index < -0.39 is 0 Å². The summed E-state index contributed by atoms with van der Waals surface area (Å²) in [4.78, 5) is 28.1. The van der Waals surface area contributed by atoms with Gasteiger partial charge in [0.1, 0.15) is 0 Å². The molecule has 0 spiro atoms. The number of aryl methyl sites for hydroxylation is 1. The monoisotopic (exact) mass is 467 g/mol. The first-order chi connectivity index (χ1) is 16.0. The van der Waals surface area contributed by atoms with E-state index in [0.29, 0.717) is 37.6 Å². The minimum atomic E-state index is 0.0576. The minimum absolute atomic E-state index is 0.0576. The van der Waals surface area contributed by atoms with E-state index in [9.17, 15) is 9.59 Å². The first kappa shape index (κ1) is 23.1. The van der Waals surface area contributed by atoms with Gasteiger partial charge in [0.25, 0.3) is 0 Å². The first-order valence-corrected chi connectivity index (χ1v) is 12.2. The highest BCUT2D eigenvalue weighted by Crippen LogP contribution is 2.30. The summed E-state index contributed by atoms with van der Waals surface area (Å²) in [6.07, 6.45) is 2.84. The number of carbonyl (C=O) groups excluding carboxylic acids is 2. The second kappa shape index (κ2) is 10.2. The van der Waals surface area contributed by atoms with Crippen LogP contribution in [0.15, 0.2) is 52.2 Å². The number of para-hydroxylation sites is 1. The number of hydrogen-bond acceptors (Lipinski definition) is 6. The zero-order chi connectivity index (χ0) is 23.4. The topological polar surface area (TPSA) is 84.5 Å². The maximum atomic E-state index is 12.7. The fraction of sp³-hybridized carbons (Fsp3) is 0.417. The summed E-state index contributed by atoms with van der Waals surface area (Å²) in [5.74, 6) is 2.27. The van der Waals surface area contributed by atoms with Crippen molar-refractivity contribution in [3.05, 3.63) is 48.2 Å². The van der Waals surface area contributed by atoms with Gasteiger partial charge in [0.15, 0.2) is 10.9 Å². The summed E-state index contributed by atoms with van der Waals surface area (Å²) in [7, 11) is 0. The lowest BCUT2D eigenvalue weighted by atomic mass is 10.1. The van der Waals surface area contributed by atoms with Gasteiger partial charge in [0.2, 0.25) is 17.6 Å². The van der Waals surface area contributed by atoms with Crippen LogP contribution in [0.5, 0.6) is 0 Å². The fourth-order valence-corrected chi connectivity index (χ4v) is 5.04. The molecular formula is C24H29N5O3S. The number of carbonyl (C=O) groups is 2. The molecule has 4 rings (SSSR count). The molecule has 174 valence electrons. The predicted molar refractivity (Wildman–Crippen MR) is 127 cm³/mol. The summed E-state index contributed by atoms with van der Waals surface area (Å²) in [6, 6.07) is 11.9. The maximum absolute atomic E-state index is 12.7. The van der Waals surface area contributed by atoms with Crippen LogP contribution in [-0.4, -0.2) is 67.8 Å². The zero-order valence-corrected chi connectivity index (χ0v) is 20.0. The molecule has 1 aromatic carbocycles. The van der Waals surface area contributed by atoms with Crippen molar-refractivity contribution in [2.75, 3.05) is 25.4 Å². The molecule has 3 heterocycles. The van der Waals surface area contributed by atoms with Crippen LogP contribution in [0, 0.1) is 6.92 Å². The van der Waals surface area contributed by atoms with Crippen LogP contribution in [0.4, 0.5) is 0 Å². The number of amides is 2. The van der Waals surface area contributed by atoms with Crippen LogP contribution in [0.25, 0.3) is 17.3 Å². The Morgan fingerprint density at radius 3 is 2.67 bits per heavy atom. The lowest BCUT2D eigenvalue weighted by molar-refractivity contribution is -0.141. The van der Waals surface area contributed by atoms with Crippen molar-refractivity contribution in [2.45, 2.75) is 44.8 Å². The highest BCUT2D eigenvalue weighted by Gasteiger charge is 2.27. The molecule has 0 bridgehead atoms. The molecule has 0 aliphatic carbocycles. The minimum Gasteiger partial charge on any atom is -0.461 e. The smallest absolute Gasteiger partial charge is 0.222 e. The van der Waals surface area contributed by atoms with Crippen LogP contribution in [0.3, 0.4) is 0 Å². The molecular weight excluding hydrogens is 438 g/mol. The molecule has 2 aromatic heterocycles. The molecule has 8 nitrogen and oxygen atoms in total. The first-order valence-electron chi connectivity index (χ1n) is 11.2. The van der Waals surface area contributed by atoms with Crippen molar-refractivity contribution in [2.24, 2.45) is 0 Å². The van der Waals surface area contributed by atoms with Crippen molar-refractivity contribution in [3.8, 4) is 17.3 Å². The Hall–Kier alpha value is -3.07. The van der Waals surface area contributed by atoms with Crippen molar-refractivity contribution in [1.82, 2.24) is 24.6 Å². The molecule has 0 N–H and O–H groups in total. The third kappa shape index (κ3) is 5.13. The summed E-state index contributed by atoms with van der Waals surface area (Å²) >= 11 is 1.59. The van der Waals surface area contributed by atoms with Gasteiger partial charge in [-0.2, -0.15) is 0 Å². The van der Waals surface area contributed by atoms with Crippen molar-refractivity contribution < 1.29 is 14.0 Å². The van der Waals surface area contributed by atoms with Crippen molar-refractivity contribution in [3.63, 3.8) is 0 Å². The van der Waals surface area contributed by atoms with E-state index in [0.717, 1.165) is 28.6 Å². The fourth-order valence-electron chi connectivity index (χ4n) is 4.16. The SMILES string of the molecule is CC(=O)N1CCN(C(=O)CCCSc2nnc(-c3ccco3)n2-c2ccccc2C)CC1C. The standard InChI is InChI=1S/C24H29N5O3S/c1-17-8-4-5-9-20(17)29-23(21-10-6-14-32-21)25-26-24(29)33-15-7-11-22(31)27-12-13-28(19(3)30)18(2)16-27/h4-6,8-10,14,18H,7,11-13,15-16H2,1-3H3. The van der Waals surface area contributed by atoms with Gasteiger partial charge in [-0.25, -0.2) is 0 Å². The summed E-state index contributed by atoms with van der Waals surface area (Å²) < 4.78 is 7.60. The number of nitrogens with zero attached hydrogens (tertiary/aromatic N) is 5. The summed E-state index contributed by atoms with van der Waals surface area (Å²) in [5.41, 5.74) is 2.12. The van der Waals surface area contributed by atoms with Gasteiger partial charge >= 0.3 is 0 Å². The lowest BCUT2D eigenvalue weighted by Gasteiger charge is -2.39. The average Bonchev–Trinajstić information content (AvgIpc) is 3.46. The largest absolute Gasteiger partial charge is 0.461 e. The van der Waals surface area contributed by atoms with Gasteiger partial charge in [-0.15, -0.1) is 10.2 Å². The molecule has 1 fully saturated rings.